The van der Waals surface area contributed by atoms with Gasteiger partial charge in [-0.3, -0.25) is 0 Å². The summed E-state index contributed by atoms with van der Waals surface area (Å²) in [4.78, 5) is 3.93. The monoisotopic (exact) mass is 256 g/mol. The second kappa shape index (κ2) is 5.49. The first kappa shape index (κ1) is 14.0. The molecule has 0 aliphatic heterocycles. The van der Waals surface area contributed by atoms with E-state index in [0.717, 1.165) is 18.4 Å². The third-order valence-corrected chi connectivity index (χ3v) is 3.36. The Labute approximate surface area is 103 Å². The summed E-state index contributed by atoms with van der Waals surface area (Å²) >= 11 is 0. The van der Waals surface area contributed by atoms with Crippen LogP contribution in [0, 0.1) is 5.92 Å². The molecule has 4 nitrogen and oxygen atoms in total. The Morgan fingerprint density at radius 3 is 2.35 bits per heavy atom. The largest absolute Gasteiger partial charge is 0.381 e. The fraction of sp³-hybridized carbons (Fsp3) is 0.583. The van der Waals surface area contributed by atoms with Crippen molar-refractivity contribution in [2.45, 2.75) is 38.3 Å². The molecular formula is C12H20N2O2S. The summed E-state index contributed by atoms with van der Waals surface area (Å²) < 4.78 is 22.5. The Bertz CT molecular complexity index is 452. The van der Waals surface area contributed by atoms with E-state index in [4.69, 9.17) is 0 Å². The first-order valence-electron chi connectivity index (χ1n) is 5.71. The molecule has 0 aliphatic rings. The van der Waals surface area contributed by atoms with Crippen LogP contribution in [0.1, 0.15) is 27.2 Å². The van der Waals surface area contributed by atoms with Crippen LogP contribution < -0.4 is 5.32 Å². The van der Waals surface area contributed by atoms with Crippen LogP contribution in [0.5, 0.6) is 0 Å². The van der Waals surface area contributed by atoms with Crippen LogP contribution in [-0.2, 0) is 9.84 Å². The number of hydrogen-bond donors (Lipinski definition) is 1. The standard InChI is InChI=1S/C12H20N2O2S/c1-9(2)7-10(3)14-11-5-6-12(13-8-11)17(4,15)16/h5-6,8-10,14H,7H2,1-4H3. The van der Waals surface area contributed by atoms with Crippen molar-refractivity contribution in [3.8, 4) is 0 Å². The number of nitrogens with zero attached hydrogens (tertiary/aromatic N) is 1. The summed E-state index contributed by atoms with van der Waals surface area (Å²) in [6.45, 7) is 6.44. The minimum absolute atomic E-state index is 0.111. The van der Waals surface area contributed by atoms with Gasteiger partial charge in [0.1, 0.15) is 0 Å². The molecule has 1 heterocycles. The molecule has 1 N–H and O–H groups in total. The number of aromatic nitrogens is 1. The smallest absolute Gasteiger partial charge is 0.192 e. The van der Waals surface area contributed by atoms with E-state index >= 15 is 0 Å². The zero-order valence-electron chi connectivity index (χ0n) is 10.8. The van der Waals surface area contributed by atoms with Crippen LogP contribution in [0.2, 0.25) is 0 Å². The van der Waals surface area contributed by atoms with Gasteiger partial charge < -0.3 is 5.32 Å². The summed E-state index contributed by atoms with van der Waals surface area (Å²) in [5, 5.41) is 3.41. The van der Waals surface area contributed by atoms with E-state index in [1.807, 2.05) is 0 Å². The molecule has 1 aromatic rings. The highest BCUT2D eigenvalue weighted by Gasteiger charge is 2.09. The van der Waals surface area contributed by atoms with E-state index in [0.29, 0.717) is 12.0 Å². The molecule has 0 aliphatic carbocycles. The predicted molar refractivity (Wildman–Crippen MR) is 69.9 cm³/mol. The molecule has 0 aromatic carbocycles. The minimum Gasteiger partial charge on any atom is -0.381 e. The summed E-state index contributed by atoms with van der Waals surface area (Å²) in [6, 6.07) is 3.63. The van der Waals surface area contributed by atoms with E-state index in [9.17, 15) is 8.42 Å². The quantitative estimate of drug-likeness (QED) is 0.878. The van der Waals surface area contributed by atoms with Gasteiger partial charge in [0, 0.05) is 12.3 Å². The van der Waals surface area contributed by atoms with E-state index in [-0.39, 0.29) is 5.03 Å². The van der Waals surface area contributed by atoms with E-state index < -0.39 is 9.84 Å². The molecular weight excluding hydrogens is 236 g/mol. The van der Waals surface area contributed by atoms with Gasteiger partial charge in [0.15, 0.2) is 14.9 Å². The predicted octanol–water partition coefficient (Wildman–Crippen LogP) is 2.33. The fourth-order valence-electron chi connectivity index (χ4n) is 1.74. The lowest BCUT2D eigenvalue weighted by molar-refractivity contribution is 0.539. The maximum atomic E-state index is 11.2. The second-order valence-electron chi connectivity index (χ2n) is 4.83. The van der Waals surface area contributed by atoms with Crippen molar-refractivity contribution in [1.82, 2.24) is 4.98 Å². The average molecular weight is 256 g/mol. The normalized spacial score (nSPS) is 13.7. The number of rotatable bonds is 5. The maximum absolute atomic E-state index is 11.2. The molecule has 0 saturated heterocycles. The van der Waals surface area contributed by atoms with Crippen molar-refractivity contribution >= 4 is 15.5 Å². The molecule has 0 amide bonds. The Kier molecular flexibility index (Phi) is 4.51. The van der Waals surface area contributed by atoms with Gasteiger partial charge in [0.2, 0.25) is 0 Å². The summed E-state index contributed by atoms with van der Waals surface area (Å²) in [5.41, 5.74) is 0.852. The van der Waals surface area contributed by atoms with Crippen molar-refractivity contribution in [2.24, 2.45) is 5.92 Å². The number of nitrogens with one attached hydrogen (secondary N) is 1. The zero-order chi connectivity index (χ0) is 13.1. The van der Waals surface area contributed by atoms with Crippen LogP contribution in [0.15, 0.2) is 23.4 Å². The molecule has 96 valence electrons. The molecule has 0 fully saturated rings. The van der Waals surface area contributed by atoms with Crippen LogP contribution in [0.25, 0.3) is 0 Å². The topological polar surface area (TPSA) is 59.1 Å². The molecule has 0 bridgehead atoms. The summed E-state index contributed by atoms with van der Waals surface area (Å²) in [6.07, 6.45) is 3.78. The van der Waals surface area contributed by atoms with Crippen molar-refractivity contribution in [3.63, 3.8) is 0 Å². The van der Waals surface area contributed by atoms with Crippen molar-refractivity contribution in [2.75, 3.05) is 11.6 Å². The molecule has 1 atom stereocenters. The molecule has 0 spiro atoms. The molecule has 17 heavy (non-hydrogen) atoms. The van der Waals surface area contributed by atoms with Crippen molar-refractivity contribution < 1.29 is 8.42 Å². The zero-order valence-corrected chi connectivity index (χ0v) is 11.6. The molecule has 1 rings (SSSR count). The van der Waals surface area contributed by atoms with Crippen molar-refractivity contribution in [1.29, 1.82) is 0 Å². The van der Waals surface area contributed by atoms with Gasteiger partial charge in [-0.05, 0) is 31.4 Å². The van der Waals surface area contributed by atoms with Gasteiger partial charge in [-0.1, -0.05) is 13.8 Å². The SMILES string of the molecule is CC(C)CC(C)Nc1ccc(S(C)(=O)=O)nc1. The van der Waals surface area contributed by atoms with Gasteiger partial charge in [-0.15, -0.1) is 0 Å². The lowest BCUT2D eigenvalue weighted by Crippen LogP contribution is -2.17. The fourth-order valence-corrected chi connectivity index (χ4v) is 2.29. The Morgan fingerprint density at radius 2 is 1.94 bits per heavy atom. The molecule has 5 heteroatoms. The van der Waals surface area contributed by atoms with Crippen LogP contribution in [0.3, 0.4) is 0 Å². The van der Waals surface area contributed by atoms with Crippen molar-refractivity contribution in [3.05, 3.63) is 18.3 Å². The highest BCUT2D eigenvalue weighted by Crippen LogP contribution is 2.14. The highest BCUT2D eigenvalue weighted by atomic mass is 32.2. The first-order valence-corrected chi connectivity index (χ1v) is 7.61. The number of anilines is 1. The van der Waals surface area contributed by atoms with Crippen LogP contribution >= 0.6 is 0 Å². The Balaban J connectivity index is 2.69. The van der Waals surface area contributed by atoms with Gasteiger partial charge >= 0.3 is 0 Å². The second-order valence-corrected chi connectivity index (χ2v) is 6.79. The Hall–Kier alpha value is -1.10. The minimum atomic E-state index is -3.21. The first-order chi connectivity index (χ1) is 7.79. The summed E-state index contributed by atoms with van der Waals surface area (Å²) in [7, 11) is -3.21. The van der Waals surface area contributed by atoms with Gasteiger partial charge in [-0.25, -0.2) is 13.4 Å². The Morgan fingerprint density at radius 1 is 1.29 bits per heavy atom. The van der Waals surface area contributed by atoms with Crippen LogP contribution in [0.4, 0.5) is 5.69 Å². The molecule has 1 aromatic heterocycles. The number of pyridine rings is 1. The number of hydrogen-bond acceptors (Lipinski definition) is 4. The van der Waals surface area contributed by atoms with Gasteiger partial charge in [-0.2, -0.15) is 0 Å². The van der Waals surface area contributed by atoms with Gasteiger partial charge in [0.05, 0.1) is 11.9 Å². The lowest BCUT2D eigenvalue weighted by Gasteiger charge is -2.16. The van der Waals surface area contributed by atoms with E-state index in [2.05, 4.69) is 31.1 Å². The van der Waals surface area contributed by atoms with Gasteiger partial charge in [0.25, 0.3) is 0 Å². The highest BCUT2D eigenvalue weighted by molar-refractivity contribution is 7.90. The average Bonchev–Trinajstić information content (AvgIpc) is 2.15. The third-order valence-electron chi connectivity index (χ3n) is 2.35. The maximum Gasteiger partial charge on any atom is 0.192 e. The van der Waals surface area contributed by atoms with Crippen LogP contribution in [-0.4, -0.2) is 25.7 Å². The molecule has 1 unspecified atom stereocenters. The summed E-state index contributed by atoms with van der Waals surface area (Å²) in [5.74, 6) is 0.626. The number of sulfone groups is 1. The molecule has 0 saturated carbocycles. The van der Waals surface area contributed by atoms with E-state index in [1.54, 1.807) is 12.3 Å². The lowest BCUT2D eigenvalue weighted by atomic mass is 10.1. The molecule has 0 radical (unpaired) electrons. The third kappa shape index (κ3) is 4.73. The van der Waals surface area contributed by atoms with E-state index in [1.165, 1.54) is 6.07 Å².